The Hall–Kier alpha value is -3.36. The van der Waals surface area contributed by atoms with E-state index in [0.29, 0.717) is 32.5 Å². The first-order valence-corrected chi connectivity index (χ1v) is 10.8. The maximum Gasteiger partial charge on any atom is 0.262 e. The van der Waals surface area contributed by atoms with Gasteiger partial charge in [-0.2, -0.15) is 5.10 Å². The Bertz CT molecular complexity index is 1500. The molecule has 0 fully saturated rings. The van der Waals surface area contributed by atoms with Crippen molar-refractivity contribution in [1.29, 1.82) is 0 Å². The first-order chi connectivity index (χ1) is 15.0. The van der Waals surface area contributed by atoms with Crippen molar-refractivity contribution in [3.8, 4) is 5.69 Å². The van der Waals surface area contributed by atoms with Crippen LogP contribution in [-0.4, -0.2) is 35.8 Å². The summed E-state index contributed by atoms with van der Waals surface area (Å²) < 4.78 is 1.56. The number of fused-ring (bicyclic) bond motifs is 2. The van der Waals surface area contributed by atoms with Gasteiger partial charge in [-0.05, 0) is 31.2 Å². The van der Waals surface area contributed by atoms with Gasteiger partial charge in [0.25, 0.3) is 5.56 Å². The molecule has 5 rings (SSSR count). The number of hydrogen-bond donors (Lipinski definition) is 2. The van der Waals surface area contributed by atoms with Crippen LogP contribution in [0.15, 0.2) is 70.9 Å². The SMILES string of the molecule is CC(Sc1nc2c(cnn2-c2cccc(Cl)c2)c(=O)[nH]1)C(=O)c1c[nH]c2ccccc12. The summed E-state index contributed by atoms with van der Waals surface area (Å²) in [6.45, 7) is 1.80. The fourth-order valence-electron chi connectivity index (χ4n) is 3.47. The lowest BCUT2D eigenvalue weighted by Gasteiger charge is -2.09. The van der Waals surface area contributed by atoms with Crippen LogP contribution in [0.2, 0.25) is 5.02 Å². The van der Waals surface area contributed by atoms with Crippen molar-refractivity contribution in [1.82, 2.24) is 24.7 Å². The van der Waals surface area contributed by atoms with Crippen molar-refractivity contribution >= 4 is 51.1 Å². The van der Waals surface area contributed by atoms with Crippen LogP contribution >= 0.6 is 23.4 Å². The Balaban J connectivity index is 1.49. The Labute approximate surface area is 185 Å². The number of carbonyl (C=O) groups is 1. The van der Waals surface area contributed by atoms with Gasteiger partial charge in [0, 0.05) is 27.7 Å². The van der Waals surface area contributed by atoms with Crippen molar-refractivity contribution in [2.45, 2.75) is 17.3 Å². The molecule has 9 heteroatoms. The molecular weight excluding hydrogens is 434 g/mol. The summed E-state index contributed by atoms with van der Waals surface area (Å²) in [5, 5.41) is 5.97. The fraction of sp³-hybridized carbons (Fsp3) is 0.0909. The molecule has 0 aliphatic carbocycles. The van der Waals surface area contributed by atoms with Gasteiger partial charge in [0.05, 0.1) is 17.1 Å². The Kier molecular flexibility index (Phi) is 4.88. The molecule has 1 atom stereocenters. The summed E-state index contributed by atoms with van der Waals surface area (Å²) in [5.74, 6) is -0.0476. The van der Waals surface area contributed by atoms with Gasteiger partial charge in [0.2, 0.25) is 0 Å². The topological polar surface area (TPSA) is 96.4 Å². The van der Waals surface area contributed by atoms with Gasteiger partial charge in [-0.3, -0.25) is 9.59 Å². The molecule has 0 spiro atoms. The highest BCUT2D eigenvalue weighted by molar-refractivity contribution is 8.00. The zero-order chi connectivity index (χ0) is 21.5. The molecular formula is C22H16ClN5O2S. The summed E-state index contributed by atoms with van der Waals surface area (Å²) in [7, 11) is 0. The normalized spacial score (nSPS) is 12.5. The Morgan fingerprint density at radius 2 is 2.00 bits per heavy atom. The number of H-pyrrole nitrogens is 2. The first-order valence-electron chi connectivity index (χ1n) is 9.52. The molecule has 31 heavy (non-hydrogen) atoms. The predicted molar refractivity (Wildman–Crippen MR) is 122 cm³/mol. The molecule has 0 radical (unpaired) electrons. The van der Waals surface area contributed by atoms with Gasteiger partial charge in [-0.25, -0.2) is 9.67 Å². The molecule has 1 unspecified atom stereocenters. The van der Waals surface area contributed by atoms with E-state index < -0.39 is 5.25 Å². The van der Waals surface area contributed by atoms with Crippen LogP contribution in [0.4, 0.5) is 0 Å². The molecule has 0 amide bonds. The van der Waals surface area contributed by atoms with Gasteiger partial charge >= 0.3 is 0 Å². The number of carbonyl (C=O) groups excluding carboxylic acids is 1. The van der Waals surface area contributed by atoms with E-state index in [1.165, 1.54) is 18.0 Å². The van der Waals surface area contributed by atoms with E-state index in [-0.39, 0.29) is 11.3 Å². The smallest absolute Gasteiger partial charge is 0.262 e. The molecule has 0 saturated heterocycles. The average Bonchev–Trinajstić information content (AvgIpc) is 3.38. The van der Waals surface area contributed by atoms with Gasteiger partial charge in [-0.1, -0.05) is 47.6 Å². The highest BCUT2D eigenvalue weighted by Gasteiger charge is 2.22. The minimum absolute atomic E-state index is 0.0476. The van der Waals surface area contributed by atoms with E-state index in [0.717, 1.165) is 10.9 Å². The van der Waals surface area contributed by atoms with E-state index in [4.69, 9.17) is 11.6 Å². The molecule has 5 aromatic rings. The van der Waals surface area contributed by atoms with Crippen LogP contribution in [0.1, 0.15) is 17.3 Å². The third-order valence-electron chi connectivity index (χ3n) is 4.98. The van der Waals surface area contributed by atoms with Crippen LogP contribution in [0, 0.1) is 0 Å². The van der Waals surface area contributed by atoms with Crippen LogP contribution in [0.3, 0.4) is 0 Å². The number of ketones is 1. The van der Waals surface area contributed by atoms with E-state index in [9.17, 15) is 9.59 Å². The lowest BCUT2D eigenvalue weighted by molar-refractivity contribution is 0.0995. The number of hydrogen-bond acceptors (Lipinski definition) is 5. The van der Waals surface area contributed by atoms with Gasteiger partial charge in [0.1, 0.15) is 5.39 Å². The van der Waals surface area contributed by atoms with Crippen LogP contribution in [-0.2, 0) is 0 Å². The molecule has 0 saturated carbocycles. The van der Waals surface area contributed by atoms with Crippen LogP contribution < -0.4 is 5.56 Å². The minimum Gasteiger partial charge on any atom is -0.360 e. The maximum atomic E-state index is 13.1. The zero-order valence-electron chi connectivity index (χ0n) is 16.3. The fourth-order valence-corrected chi connectivity index (χ4v) is 4.51. The van der Waals surface area contributed by atoms with Gasteiger partial charge in [-0.15, -0.1) is 0 Å². The van der Waals surface area contributed by atoms with E-state index >= 15 is 0 Å². The standard InChI is InChI=1S/C22H16ClN5O2S/c1-12(19(29)16-10-24-18-8-3-2-7-15(16)18)31-22-26-20-17(21(30)27-22)11-25-28(20)14-6-4-5-13(23)9-14/h2-12,24H,1H3,(H,26,27,30). The lowest BCUT2D eigenvalue weighted by Crippen LogP contribution is -2.16. The molecule has 3 aromatic heterocycles. The molecule has 3 heterocycles. The van der Waals surface area contributed by atoms with Crippen molar-refractivity contribution < 1.29 is 4.79 Å². The van der Waals surface area contributed by atoms with E-state index in [2.05, 4.69) is 20.1 Å². The second kappa shape index (κ2) is 7.72. The predicted octanol–water partition coefficient (Wildman–Crippen LogP) is 4.61. The Morgan fingerprint density at radius 3 is 2.84 bits per heavy atom. The molecule has 7 nitrogen and oxygen atoms in total. The third-order valence-corrected chi connectivity index (χ3v) is 6.20. The highest BCUT2D eigenvalue weighted by Crippen LogP contribution is 2.27. The average molecular weight is 450 g/mol. The van der Waals surface area contributed by atoms with Crippen molar-refractivity contribution in [2.24, 2.45) is 0 Å². The first kappa shape index (κ1) is 19.6. The molecule has 0 aliphatic heterocycles. The lowest BCUT2D eigenvalue weighted by atomic mass is 10.1. The number of para-hydroxylation sites is 1. The number of rotatable bonds is 5. The number of benzene rings is 2. The van der Waals surface area contributed by atoms with Crippen LogP contribution in [0.5, 0.6) is 0 Å². The summed E-state index contributed by atoms with van der Waals surface area (Å²) in [6, 6.07) is 14.8. The summed E-state index contributed by atoms with van der Waals surface area (Å²) in [6.07, 6.45) is 3.19. The Morgan fingerprint density at radius 1 is 1.16 bits per heavy atom. The highest BCUT2D eigenvalue weighted by atomic mass is 35.5. The van der Waals surface area contributed by atoms with Gasteiger partial charge < -0.3 is 9.97 Å². The monoisotopic (exact) mass is 449 g/mol. The number of thioether (sulfide) groups is 1. The number of nitrogens with zero attached hydrogens (tertiary/aromatic N) is 3. The number of aromatic amines is 2. The van der Waals surface area contributed by atoms with Crippen molar-refractivity contribution in [2.75, 3.05) is 0 Å². The van der Waals surface area contributed by atoms with Crippen molar-refractivity contribution in [3.63, 3.8) is 0 Å². The number of halogens is 1. The summed E-state index contributed by atoms with van der Waals surface area (Å²) in [5.41, 5.74) is 2.30. The van der Waals surface area contributed by atoms with E-state index in [1.54, 1.807) is 36.0 Å². The zero-order valence-corrected chi connectivity index (χ0v) is 17.9. The molecule has 0 aliphatic rings. The molecule has 2 N–H and O–H groups in total. The minimum atomic E-state index is -0.456. The van der Waals surface area contributed by atoms with Crippen LogP contribution in [0.25, 0.3) is 27.6 Å². The molecule has 0 bridgehead atoms. The summed E-state index contributed by atoms with van der Waals surface area (Å²) in [4.78, 5) is 36.1. The number of aromatic nitrogens is 5. The second-order valence-corrected chi connectivity index (χ2v) is 8.78. The molecule has 2 aromatic carbocycles. The molecule has 154 valence electrons. The van der Waals surface area contributed by atoms with Gasteiger partial charge in [0.15, 0.2) is 16.6 Å². The number of nitrogens with one attached hydrogen (secondary N) is 2. The largest absolute Gasteiger partial charge is 0.360 e. The maximum absolute atomic E-state index is 13.1. The van der Waals surface area contributed by atoms with Crippen molar-refractivity contribution in [3.05, 3.63) is 81.9 Å². The number of Topliss-reactive ketones (excluding diaryl/α,β-unsaturated/α-hetero) is 1. The quantitative estimate of drug-likeness (QED) is 0.232. The summed E-state index contributed by atoms with van der Waals surface area (Å²) >= 11 is 7.30. The second-order valence-electron chi connectivity index (χ2n) is 7.02. The third kappa shape index (κ3) is 3.54. The van der Waals surface area contributed by atoms with E-state index in [1.807, 2.05) is 30.3 Å².